The highest BCUT2D eigenvalue weighted by molar-refractivity contribution is 6.27. The molecule has 7 rings (SSSR count). The fraction of sp³-hybridized carbons (Fsp3) is 0.146. The molecule has 1 unspecified atom stereocenters. The molecule has 0 aromatic heterocycles. The van der Waals surface area contributed by atoms with Gasteiger partial charge >= 0.3 is 5.97 Å². The number of carboxylic acid groups (broad SMARTS) is 1. The van der Waals surface area contributed by atoms with Gasteiger partial charge in [-0.05, 0) is 63.8 Å². The number of rotatable bonds is 4. The van der Waals surface area contributed by atoms with Crippen molar-refractivity contribution >= 4 is 28.7 Å². The quantitative estimate of drug-likeness (QED) is 0.222. The van der Waals surface area contributed by atoms with Crippen LogP contribution in [0.15, 0.2) is 121 Å². The Balaban J connectivity index is 0.000000202. The van der Waals surface area contributed by atoms with Crippen molar-refractivity contribution in [1.82, 2.24) is 0 Å². The summed E-state index contributed by atoms with van der Waals surface area (Å²) in [5, 5.41) is 8.85. The molecule has 45 heavy (non-hydrogen) atoms. The van der Waals surface area contributed by atoms with Crippen LogP contribution in [0.5, 0.6) is 0 Å². The van der Waals surface area contributed by atoms with Crippen molar-refractivity contribution in [3.05, 3.63) is 177 Å². The van der Waals surface area contributed by atoms with Crippen LogP contribution in [0.3, 0.4) is 0 Å². The van der Waals surface area contributed by atoms with Crippen LogP contribution in [0.4, 0.5) is 0 Å². The molecule has 0 saturated carbocycles. The number of hydrogen-bond donors (Lipinski definition) is 1. The van der Waals surface area contributed by atoms with E-state index >= 15 is 0 Å². The lowest BCUT2D eigenvalue weighted by atomic mass is 9.73. The molecular formula is C41H34O4. The summed E-state index contributed by atoms with van der Waals surface area (Å²) in [6.45, 7) is 6.06. The van der Waals surface area contributed by atoms with Crippen LogP contribution < -0.4 is 0 Å². The third-order valence-electron chi connectivity index (χ3n) is 8.51. The minimum absolute atomic E-state index is 0.0407. The Morgan fingerprint density at radius 2 is 0.822 bits per heavy atom. The fourth-order valence-corrected chi connectivity index (χ4v) is 6.27. The first-order valence-electron chi connectivity index (χ1n) is 15.3. The van der Waals surface area contributed by atoms with E-state index in [2.05, 4.69) is 13.8 Å². The van der Waals surface area contributed by atoms with Gasteiger partial charge in [-0.25, -0.2) is 0 Å². The van der Waals surface area contributed by atoms with Gasteiger partial charge in [0, 0.05) is 22.3 Å². The Morgan fingerprint density at radius 3 is 1.11 bits per heavy atom. The summed E-state index contributed by atoms with van der Waals surface area (Å²) in [6, 6.07) is 38.9. The van der Waals surface area contributed by atoms with Crippen molar-refractivity contribution in [2.24, 2.45) is 5.92 Å². The Bertz CT molecular complexity index is 1770. The number of aliphatic carboxylic acids is 1. The van der Waals surface area contributed by atoms with Gasteiger partial charge in [0.2, 0.25) is 0 Å². The molecule has 1 N–H and O–H groups in total. The van der Waals surface area contributed by atoms with E-state index < -0.39 is 11.9 Å². The highest BCUT2D eigenvalue weighted by Crippen LogP contribution is 2.46. The predicted molar refractivity (Wildman–Crippen MR) is 179 cm³/mol. The lowest BCUT2D eigenvalue weighted by Gasteiger charge is -2.29. The zero-order valence-electron chi connectivity index (χ0n) is 25.6. The maximum Gasteiger partial charge on any atom is 0.310 e. The maximum absolute atomic E-state index is 13.2. The van der Waals surface area contributed by atoms with E-state index in [4.69, 9.17) is 5.11 Å². The van der Waals surface area contributed by atoms with E-state index in [0.29, 0.717) is 28.2 Å². The second-order valence-electron chi connectivity index (χ2n) is 12.0. The molecule has 0 heterocycles. The van der Waals surface area contributed by atoms with Gasteiger partial charge in [0.05, 0.1) is 5.92 Å². The summed E-state index contributed by atoms with van der Waals surface area (Å²) in [5.41, 5.74) is 10.6. The van der Waals surface area contributed by atoms with Crippen molar-refractivity contribution in [2.45, 2.75) is 33.1 Å². The van der Waals surface area contributed by atoms with Crippen LogP contribution in [0.1, 0.15) is 91.9 Å². The van der Waals surface area contributed by atoms with Crippen LogP contribution >= 0.6 is 0 Å². The molecular weight excluding hydrogens is 556 g/mol. The first kappa shape index (κ1) is 29.7. The average molecular weight is 591 g/mol. The summed E-state index contributed by atoms with van der Waals surface area (Å²) in [4.78, 5) is 37.2. The number of hydrogen-bond acceptors (Lipinski definition) is 3. The summed E-state index contributed by atoms with van der Waals surface area (Å²) in [6.07, 6.45) is 1.04. The van der Waals surface area contributed by atoms with Gasteiger partial charge in [0.1, 0.15) is 0 Å². The van der Waals surface area contributed by atoms with Gasteiger partial charge in [-0.2, -0.15) is 0 Å². The number of carbonyl (C=O) groups excluding carboxylic acids is 2. The van der Waals surface area contributed by atoms with E-state index in [1.54, 1.807) is 6.92 Å². The van der Waals surface area contributed by atoms with Crippen molar-refractivity contribution in [3.63, 3.8) is 0 Å². The van der Waals surface area contributed by atoms with Gasteiger partial charge in [-0.3, -0.25) is 14.4 Å². The minimum Gasteiger partial charge on any atom is -0.481 e. The van der Waals surface area contributed by atoms with Crippen LogP contribution in [0.2, 0.25) is 0 Å². The Hall–Kier alpha value is -5.35. The number of carbonyl (C=O) groups is 3. The molecule has 0 aliphatic heterocycles. The van der Waals surface area contributed by atoms with E-state index in [0.717, 1.165) is 45.4 Å². The lowest BCUT2D eigenvalue weighted by molar-refractivity contribution is -0.138. The van der Waals surface area contributed by atoms with E-state index in [-0.39, 0.29) is 11.6 Å². The molecule has 0 spiro atoms. The molecule has 0 radical (unpaired) electrons. The van der Waals surface area contributed by atoms with Crippen LogP contribution in [0, 0.1) is 5.92 Å². The van der Waals surface area contributed by atoms with Crippen molar-refractivity contribution in [2.75, 3.05) is 0 Å². The molecule has 0 bridgehead atoms. The SMILES string of the molecule is CC(C)Cc1ccc(C(C)C(=O)O)cc1.O=C1c2ccccc2C(=C2c3ccccc3C(=O)c3ccccc32)c2ccccc21. The molecule has 5 aromatic carbocycles. The van der Waals surface area contributed by atoms with Gasteiger partial charge < -0.3 is 5.11 Å². The molecule has 0 amide bonds. The number of benzene rings is 5. The standard InChI is InChI=1S/C28H16O2.C13H18O2/c29-27-21-13-5-1-9-17(21)25(18-10-2-6-14-22(18)27)26-19-11-3-7-15-23(19)28(30)24-16-8-4-12-20(24)26;1-9(2)8-11-4-6-12(7-5-11)10(3)13(14)15/h1-16H;4-7,9-10H,8H2,1-3H3,(H,14,15). The van der Waals surface area contributed by atoms with Gasteiger partial charge in [0.15, 0.2) is 11.6 Å². The third kappa shape index (κ3) is 5.56. The maximum atomic E-state index is 13.2. The monoisotopic (exact) mass is 590 g/mol. The zero-order valence-corrected chi connectivity index (χ0v) is 25.6. The second kappa shape index (κ2) is 12.3. The van der Waals surface area contributed by atoms with Gasteiger partial charge in [-0.1, -0.05) is 135 Å². The summed E-state index contributed by atoms with van der Waals surface area (Å²) in [5.74, 6) is -0.476. The molecule has 5 aromatic rings. The van der Waals surface area contributed by atoms with Crippen LogP contribution in [-0.2, 0) is 11.2 Å². The van der Waals surface area contributed by atoms with E-state index in [1.807, 2.05) is 121 Å². The summed E-state index contributed by atoms with van der Waals surface area (Å²) >= 11 is 0. The third-order valence-corrected chi connectivity index (χ3v) is 8.51. The Kier molecular flexibility index (Phi) is 8.14. The lowest BCUT2D eigenvalue weighted by Crippen LogP contribution is -2.19. The number of fused-ring (bicyclic) bond motifs is 4. The first-order valence-corrected chi connectivity index (χ1v) is 15.3. The first-order chi connectivity index (χ1) is 21.8. The summed E-state index contributed by atoms with van der Waals surface area (Å²) in [7, 11) is 0. The molecule has 2 aliphatic rings. The minimum atomic E-state index is -0.772. The normalized spacial score (nSPS) is 13.6. The van der Waals surface area contributed by atoms with Crippen molar-refractivity contribution in [1.29, 1.82) is 0 Å². The zero-order chi connectivity index (χ0) is 31.7. The highest BCUT2D eigenvalue weighted by Gasteiger charge is 2.34. The van der Waals surface area contributed by atoms with E-state index in [9.17, 15) is 14.4 Å². The smallest absolute Gasteiger partial charge is 0.310 e. The average Bonchev–Trinajstić information content (AvgIpc) is 3.06. The molecule has 4 heteroatoms. The van der Waals surface area contributed by atoms with Crippen LogP contribution in [-0.4, -0.2) is 22.6 Å². The van der Waals surface area contributed by atoms with Gasteiger partial charge in [0.25, 0.3) is 0 Å². The number of carboxylic acids is 1. The topological polar surface area (TPSA) is 71.4 Å². The molecule has 222 valence electrons. The summed E-state index contributed by atoms with van der Waals surface area (Å²) < 4.78 is 0. The molecule has 1 atom stereocenters. The Morgan fingerprint density at radius 1 is 0.511 bits per heavy atom. The van der Waals surface area contributed by atoms with Gasteiger partial charge in [-0.15, -0.1) is 0 Å². The molecule has 0 saturated heterocycles. The number of ketones is 2. The molecule has 0 fully saturated rings. The van der Waals surface area contributed by atoms with Crippen molar-refractivity contribution in [3.8, 4) is 0 Å². The fourth-order valence-electron chi connectivity index (χ4n) is 6.27. The predicted octanol–water partition coefficient (Wildman–Crippen LogP) is 8.86. The largest absolute Gasteiger partial charge is 0.481 e. The molecule has 2 aliphatic carbocycles. The van der Waals surface area contributed by atoms with E-state index in [1.165, 1.54) is 5.56 Å². The van der Waals surface area contributed by atoms with Crippen molar-refractivity contribution < 1.29 is 19.5 Å². The van der Waals surface area contributed by atoms with Crippen LogP contribution in [0.25, 0.3) is 11.1 Å². The molecule has 4 nitrogen and oxygen atoms in total. The highest BCUT2D eigenvalue weighted by atomic mass is 16.4. The second-order valence-corrected chi connectivity index (χ2v) is 12.0. The Labute approximate surface area is 263 Å².